The van der Waals surface area contributed by atoms with Gasteiger partial charge in [0.25, 0.3) is 5.91 Å². The molecule has 0 saturated carbocycles. The zero-order valence-electron chi connectivity index (χ0n) is 13.5. The van der Waals surface area contributed by atoms with Crippen molar-refractivity contribution in [2.45, 2.75) is 20.4 Å². The van der Waals surface area contributed by atoms with Gasteiger partial charge < -0.3 is 9.88 Å². The van der Waals surface area contributed by atoms with E-state index < -0.39 is 0 Å². The number of halogens is 1. The summed E-state index contributed by atoms with van der Waals surface area (Å²) in [6.45, 7) is 4.67. The Hall–Kier alpha value is -2.26. The molecule has 0 fully saturated rings. The number of benzene rings is 2. The number of aromatic nitrogens is 1. The average Bonchev–Trinajstić information content (AvgIpc) is 2.78. The fourth-order valence-electron chi connectivity index (χ4n) is 2.78. The van der Waals surface area contributed by atoms with Crippen molar-refractivity contribution in [1.82, 2.24) is 9.88 Å². The van der Waals surface area contributed by atoms with Crippen LogP contribution in [-0.2, 0) is 13.6 Å². The van der Waals surface area contributed by atoms with Crippen LogP contribution in [0.3, 0.4) is 0 Å². The van der Waals surface area contributed by atoms with Crippen LogP contribution in [0.4, 0.5) is 0 Å². The number of hydrogen-bond donors (Lipinski definition) is 1. The Morgan fingerprint density at radius 3 is 2.52 bits per heavy atom. The molecule has 23 heavy (non-hydrogen) atoms. The molecule has 0 radical (unpaired) electrons. The fraction of sp³-hybridized carbons (Fsp3) is 0.211. The first-order valence-corrected chi connectivity index (χ1v) is 7.93. The maximum Gasteiger partial charge on any atom is 0.251 e. The van der Waals surface area contributed by atoms with E-state index in [1.165, 1.54) is 11.3 Å². The molecule has 0 spiro atoms. The molecule has 0 aliphatic heterocycles. The minimum Gasteiger partial charge on any atom is -0.348 e. The Labute approximate surface area is 140 Å². The Morgan fingerprint density at radius 2 is 1.83 bits per heavy atom. The third kappa shape index (κ3) is 2.97. The summed E-state index contributed by atoms with van der Waals surface area (Å²) in [6.07, 6.45) is 0. The summed E-state index contributed by atoms with van der Waals surface area (Å²) < 4.78 is 2.15. The number of amides is 1. The Balaban J connectivity index is 1.81. The molecule has 118 valence electrons. The Kier molecular flexibility index (Phi) is 4.14. The van der Waals surface area contributed by atoms with E-state index in [0.29, 0.717) is 17.1 Å². The Bertz CT molecular complexity index is 879. The van der Waals surface area contributed by atoms with Crippen molar-refractivity contribution < 1.29 is 4.79 Å². The van der Waals surface area contributed by atoms with E-state index in [4.69, 9.17) is 11.6 Å². The highest BCUT2D eigenvalue weighted by atomic mass is 35.5. The minimum atomic E-state index is -0.0669. The van der Waals surface area contributed by atoms with Crippen LogP contribution in [0.25, 0.3) is 10.9 Å². The van der Waals surface area contributed by atoms with Crippen molar-refractivity contribution in [3.8, 4) is 0 Å². The molecule has 4 heteroatoms. The molecule has 0 bridgehead atoms. The normalized spacial score (nSPS) is 11.0. The van der Waals surface area contributed by atoms with E-state index in [1.807, 2.05) is 49.5 Å². The summed E-state index contributed by atoms with van der Waals surface area (Å²) in [5.74, 6) is -0.0669. The molecular weight excluding hydrogens is 308 g/mol. The summed E-state index contributed by atoms with van der Waals surface area (Å²) >= 11 is 5.87. The monoisotopic (exact) mass is 326 g/mol. The van der Waals surface area contributed by atoms with Crippen molar-refractivity contribution in [1.29, 1.82) is 0 Å². The molecule has 2 aromatic carbocycles. The third-order valence-electron chi connectivity index (χ3n) is 4.44. The van der Waals surface area contributed by atoms with E-state index in [1.54, 1.807) is 0 Å². The lowest BCUT2D eigenvalue weighted by molar-refractivity contribution is 0.0951. The Morgan fingerprint density at radius 1 is 1.13 bits per heavy atom. The average molecular weight is 327 g/mol. The van der Waals surface area contributed by atoms with Crippen molar-refractivity contribution in [3.05, 3.63) is 69.9 Å². The molecule has 0 saturated heterocycles. The number of aryl methyl sites for hydroxylation is 2. The SMILES string of the molecule is Cc1c(C)n(C)c2ccc(C(=O)NCc3ccc(Cl)cc3)cc12. The van der Waals surface area contributed by atoms with Gasteiger partial charge in [0.1, 0.15) is 0 Å². The molecule has 1 heterocycles. The molecule has 0 aliphatic rings. The van der Waals surface area contributed by atoms with Gasteiger partial charge in [-0.05, 0) is 55.3 Å². The molecule has 0 aliphatic carbocycles. The lowest BCUT2D eigenvalue weighted by Crippen LogP contribution is -2.22. The van der Waals surface area contributed by atoms with E-state index in [0.717, 1.165) is 16.5 Å². The van der Waals surface area contributed by atoms with E-state index in [9.17, 15) is 4.79 Å². The van der Waals surface area contributed by atoms with Crippen LogP contribution in [0.1, 0.15) is 27.2 Å². The van der Waals surface area contributed by atoms with E-state index >= 15 is 0 Å². The van der Waals surface area contributed by atoms with Gasteiger partial charge in [-0.3, -0.25) is 4.79 Å². The van der Waals surface area contributed by atoms with Crippen LogP contribution in [0.5, 0.6) is 0 Å². The summed E-state index contributed by atoms with van der Waals surface area (Å²) in [5, 5.41) is 4.78. The van der Waals surface area contributed by atoms with Crippen LogP contribution >= 0.6 is 11.6 Å². The zero-order valence-corrected chi connectivity index (χ0v) is 14.2. The highest BCUT2D eigenvalue weighted by Gasteiger charge is 2.12. The number of nitrogens with one attached hydrogen (secondary N) is 1. The van der Waals surface area contributed by atoms with Gasteiger partial charge in [0.15, 0.2) is 0 Å². The summed E-state index contributed by atoms with van der Waals surface area (Å²) in [7, 11) is 2.05. The second-order valence-electron chi connectivity index (χ2n) is 5.81. The molecule has 3 rings (SSSR count). The molecule has 1 N–H and O–H groups in total. The maximum atomic E-state index is 12.4. The van der Waals surface area contributed by atoms with Crippen molar-refractivity contribution >= 4 is 28.4 Å². The van der Waals surface area contributed by atoms with Gasteiger partial charge in [0.2, 0.25) is 0 Å². The van der Waals surface area contributed by atoms with Gasteiger partial charge in [-0.2, -0.15) is 0 Å². The highest BCUT2D eigenvalue weighted by molar-refractivity contribution is 6.30. The van der Waals surface area contributed by atoms with Gasteiger partial charge in [0, 0.05) is 40.8 Å². The number of carbonyl (C=O) groups excluding carboxylic acids is 1. The van der Waals surface area contributed by atoms with Crippen LogP contribution in [0, 0.1) is 13.8 Å². The van der Waals surface area contributed by atoms with Gasteiger partial charge in [0.05, 0.1) is 0 Å². The number of nitrogens with zero attached hydrogens (tertiary/aromatic N) is 1. The van der Waals surface area contributed by atoms with E-state index in [-0.39, 0.29) is 5.91 Å². The maximum absolute atomic E-state index is 12.4. The van der Waals surface area contributed by atoms with Gasteiger partial charge in [-0.15, -0.1) is 0 Å². The van der Waals surface area contributed by atoms with Crippen LogP contribution in [-0.4, -0.2) is 10.5 Å². The lowest BCUT2D eigenvalue weighted by atomic mass is 10.1. The first-order valence-electron chi connectivity index (χ1n) is 7.55. The van der Waals surface area contributed by atoms with Crippen molar-refractivity contribution in [2.75, 3.05) is 0 Å². The smallest absolute Gasteiger partial charge is 0.251 e. The van der Waals surface area contributed by atoms with Gasteiger partial charge in [-0.1, -0.05) is 23.7 Å². The molecule has 3 nitrogen and oxygen atoms in total. The van der Waals surface area contributed by atoms with E-state index in [2.05, 4.69) is 23.7 Å². The zero-order chi connectivity index (χ0) is 16.6. The molecule has 3 aromatic rings. The largest absolute Gasteiger partial charge is 0.348 e. The van der Waals surface area contributed by atoms with Crippen molar-refractivity contribution in [2.24, 2.45) is 7.05 Å². The molecular formula is C19H19ClN2O. The second-order valence-corrected chi connectivity index (χ2v) is 6.25. The topological polar surface area (TPSA) is 34.0 Å². The fourth-order valence-corrected chi connectivity index (χ4v) is 2.91. The van der Waals surface area contributed by atoms with Gasteiger partial charge >= 0.3 is 0 Å². The predicted molar refractivity (Wildman–Crippen MR) is 95.0 cm³/mol. The molecule has 1 aromatic heterocycles. The summed E-state index contributed by atoms with van der Waals surface area (Å²) in [5.41, 5.74) is 5.29. The molecule has 0 atom stereocenters. The van der Waals surface area contributed by atoms with Gasteiger partial charge in [-0.25, -0.2) is 0 Å². The summed E-state index contributed by atoms with van der Waals surface area (Å²) in [6, 6.07) is 13.3. The number of carbonyl (C=O) groups is 1. The first-order chi connectivity index (χ1) is 11.0. The quantitative estimate of drug-likeness (QED) is 0.761. The van der Waals surface area contributed by atoms with Crippen LogP contribution in [0.15, 0.2) is 42.5 Å². The second kappa shape index (κ2) is 6.09. The molecule has 0 unspecified atom stereocenters. The number of fused-ring (bicyclic) bond motifs is 1. The van der Waals surface area contributed by atoms with Crippen LogP contribution in [0.2, 0.25) is 5.02 Å². The lowest BCUT2D eigenvalue weighted by Gasteiger charge is -2.06. The summed E-state index contributed by atoms with van der Waals surface area (Å²) in [4.78, 5) is 12.4. The van der Waals surface area contributed by atoms with Crippen molar-refractivity contribution in [3.63, 3.8) is 0 Å². The third-order valence-corrected chi connectivity index (χ3v) is 4.69. The standard InChI is InChI=1S/C19H19ClN2O/c1-12-13(2)22(3)18-9-6-15(10-17(12)18)19(23)21-11-14-4-7-16(20)8-5-14/h4-10H,11H2,1-3H3,(H,21,23). The number of rotatable bonds is 3. The molecule has 1 amide bonds. The predicted octanol–water partition coefficient (Wildman–Crippen LogP) is 4.38. The number of hydrogen-bond acceptors (Lipinski definition) is 1. The minimum absolute atomic E-state index is 0.0669. The first kappa shape index (κ1) is 15.6. The van der Waals surface area contributed by atoms with Crippen LogP contribution < -0.4 is 5.32 Å². The highest BCUT2D eigenvalue weighted by Crippen LogP contribution is 2.25.